The molecule has 0 saturated carbocycles. The zero-order chi connectivity index (χ0) is 11.3. The highest BCUT2D eigenvalue weighted by atomic mass is 16.5. The van der Waals surface area contributed by atoms with E-state index in [9.17, 15) is 4.79 Å². The Bertz CT molecular complexity index is 235. The highest BCUT2D eigenvalue weighted by Gasteiger charge is 2.26. The monoisotopic (exact) mass is 213 g/mol. The van der Waals surface area contributed by atoms with Crippen LogP contribution in [-0.4, -0.2) is 43.6 Å². The van der Waals surface area contributed by atoms with Gasteiger partial charge in [0.05, 0.1) is 12.5 Å². The van der Waals surface area contributed by atoms with Gasteiger partial charge in [-0.2, -0.15) is 0 Å². The van der Waals surface area contributed by atoms with Crippen LogP contribution in [0.25, 0.3) is 0 Å². The SMILES string of the molecule is CCOC(=O)C1CCN(C(=N)NC)CC1. The summed E-state index contributed by atoms with van der Waals surface area (Å²) in [6.07, 6.45) is 1.56. The third-order valence-corrected chi connectivity index (χ3v) is 2.67. The third-order valence-electron chi connectivity index (χ3n) is 2.67. The molecule has 0 bridgehead atoms. The summed E-state index contributed by atoms with van der Waals surface area (Å²) in [4.78, 5) is 13.4. The first-order valence-corrected chi connectivity index (χ1v) is 5.37. The van der Waals surface area contributed by atoms with Crippen molar-refractivity contribution in [2.75, 3.05) is 26.7 Å². The van der Waals surface area contributed by atoms with E-state index in [0.29, 0.717) is 12.6 Å². The largest absolute Gasteiger partial charge is 0.466 e. The van der Waals surface area contributed by atoms with Crippen LogP contribution in [0.5, 0.6) is 0 Å². The maximum absolute atomic E-state index is 11.4. The van der Waals surface area contributed by atoms with Crippen LogP contribution in [-0.2, 0) is 9.53 Å². The minimum absolute atomic E-state index is 0.0193. The molecule has 1 heterocycles. The van der Waals surface area contributed by atoms with Gasteiger partial charge in [-0.3, -0.25) is 10.2 Å². The lowest BCUT2D eigenvalue weighted by Crippen LogP contribution is -2.45. The number of rotatable bonds is 2. The van der Waals surface area contributed by atoms with E-state index in [1.807, 2.05) is 11.8 Å². The van der Waals surface area contributed by atoms with Crippen LogP contribution in [0.15, 0.2) is 0 Å². The number of nitrogens with one attached hydrogen (secondary N) is 2. The van der Waals surface area contributed by atoms with Gasteiger partial charge in [-0.15, -0.1) is 0 Å². The zero-order valence-corrected chi connectivity index (χ0v) is 9.38. The second-order valence-corrected chi connectivity index (χ2v) is 3.61. The van der Waals surface area contributed by atoms with Crippen molar-refractivity contribution in [2.45, 2.75) is 19.8 Å². The second-order valence-electron chi connectivity index (χ2n) is 3.61. The van der Waals surface area contributed by atoms with Crippen molar-refractivity contribution in [1.82, 2.24) is 10.2 Å². The summed E-state index contributed by atoms with van der Waals surface area (Å²) >= 11 is 0. The molecule has 0 radical (unpaired) electrons. The highest BCUT2D eigenvalue weighted by molar-refractivity contribution is 5.77. The predicted octanol–water partition coefficient (Wildman–Crippen LogP) is 0.416. The molecular formula is C10H19N3O2. The molecule has 5 nitrogen and oxygen atoms in total. The molecule has 0 aromatic rings. The van der Waals surface area contributed by atoms with Gasteiger partial charge in [0.2, 0.25) is 0 Å². The van der Waals surface area contributed by atoms with Crippen LogP contribution in [0, 0.1) is 11.3 Å². The van der Waals surface area contributed by atoms with Gasteiger partial charge >= 0.3 is 5.97 Å². The molecule has 1 aliphatic heterocycles. The summed E-state index contributed by atoms with van der Waals surface area (Å²) in [5.74, 6) is 0.358. The van der Waals surface area contributed by atoms with E-state index in [1.165, 1.54) is 0 Å². The number of carbonyl (C=O) groups is 1. The Balaban J connectivity index is 2.35. The summed E-state index contributed by atoms with van der Waals surface area (Å²) in [6, 6.07) is 0. The average Bonchev–Trinajstić information content (AvgIpc) is 2.28. The fraction of sp³-hybridized carbons (Fsp3) is 0.800. The molecule has 0 amide bonds. The molecule has 0 atom stereocenters. The first-order valence-electron chi connectivity index (χ1n) is 5.37. The van der Waals surface area contributed by atoms with Gasteiger partial charge in [0.1, 0.15) is 0 Å². The van der Waals surface area contributed by atoms with Crippen molar-refractivity contribution < 1.29 is 9.53 Å². The molecule has 0 unspecified atom stereocenters. The molecule has 1 fully saturated rings. The number of hydrogen-bond acceptors (Lipinski definition) is 3. The minimum Gasteiger partial charge on any atom is -0.466 e. The Morgan fingerprint density at radius 3 is 2.60 bits per heavy atom. The number of carbonyl (C=O) groups excluding carboxylic acids is 1. The molecule has 5 heteroatoms. The van der Waals surface area contributed by atoms with Crippen molar-refractivity contribution >= 4 is 11.9 Å². The number of guanidine groups is 1. The fourth-order valence-corrected chi connectivity index (χ4v) is 1.76. The first kappa shape index (κ1) is 11.8. The van der Waals surface area contributed by atoms with Crippen molar-refractivity contribution in [3.05, 3.63) is 0 Å². The maximum Gasteiger partial charge on any atom is 0.309 e. The smallest absolute Gasteiger partial charge is 0.309 e. The molecule has 1 rings (SSSR count). The predicted molar refractivity (Wildman–Crippen MR) is 57.7 cm³/mol. The van der Waals surface area contributed by atoms with Crippen LogP contribution in [0.4, 0.5) is 0 Å². The molecule has 2 N–H and O–H groups in total. The van der Waals surface area contributed by atoms with Crippen molar-refractivity contribution in [3.63, 3.8) is 0 Å². The van der Waals surface area contributed by atoms with Crippen LogP contribution >= 0.6 is 0 Å². The van der Waals surface area contributed by atoms with Crippen LogP contribution < -0.4 is 5.32 Å². The standard InChI is InChI=1S/C10H19N3O2/c1-3-15-9(14)8-4-6-13(7-5-8)10(11)12-2/h8H,3-7H2,1-2H3,(H2,11,12). The molecule has 0 spiro atoms. The average molecular weight is 213 g/mol. The Labute approximate surface area is 90.3 Å². The van der Waals surface area contributed by atoms with Gasteiger partial charge in [-0.05, 0) is 19.8 Å². The van der Waals surface area contributed by atoms with Gasteiger partial charge in [-0.25, -0.2) is 0 Å². The summed E-state index contributed by atoms with van der Waals surface area (Å²) in [5.41, 5.74) is 0. The van der Waals surface area contributed by atoms with Gasteiger partial charge in [0.25, 0.3) is 0 Å². The number of esters is 1. The van der Waals surface area contributed by atoms with E-state index in [1.54, 1.807) is 7.05 Å². The zero-order valence-electron chi connectivity index (χ0n) is 9.38. The number of piperidine rings is 1. The number of ether oxygens (including phenoxy) is 1. The van der Waals surface area contributed by atoms with Crippen molar-refractivity contribution in [3.8, 4) is 0 Å². The lowest BCUT2D eigenvalue weighted by atomic mass is 9.97. The lowest BCUT2D eigenvalue weighted by molar-refractivity contribution is -0.149. The third kappa shape index (κ3) is 3.11. The summed E-state index contributed by atoms with van der Waals surface area (Å²) < 4.78 is 4.98. The normalized spacial score (nSPS) is 17.3. The molecular weight excluding hydrogens is 194 g/mol. The molecule has 0 aliphatic carbocycles. The Morgan fingerprint density at radius 2 is 2.13 bits per heavy atom. The molecule has 15 heavy (non-hydrogen) atoms. The van der Waals surface area contributed by atoms with Crippen molar-refractivity contribution in [1.29, 1.82) is 5.41 Å². The second kappa shape index (κ2) is 5.58. The number of likely N-dealkylation sites (tertiary alicyclic amines) is 1. The summed E-state index contributed by atoms with van der Waals surface area (Å²) in [6.45, 7) is 3.78. The van der Waals surface area contributed by atoms with E-state index in [0.717, 1.165) is 25.9 Å². The minimum atomic E-state index is -0.0897. The van der Waals surface area contributed by atoms with E-state index in [-0.39, 0.29) is 11.9 Å². The molecule has 0 aromatic heterocycles. The lowest BCUT2D eigenvalue weighted by Gasteiger charge is -2.32. The number of hydrogen-bond donors (Lipinski definition) is 2. The van der Waals surface area contributed by atoms with Crippen LogP contribution in [0.2, 0.25) is 0 Å². The van der Waals surface area contributed by atoms with Gasteiger partial charge in [-0.1, -0.05) is 0 Å². The van der Waals surface area contributed by atoms with Gasteiger partial charge < -0.3 is 15.0 Å². The van der Waals surface area contributed by atoms with E-state index in [2.05, 4.69) is 5.32 Å². The molecule has 0 aromatic carbocycles. The van der Waals surface area contributed by atoms with Crippen LogP contribution in [0.3, 0.4) is 0 Å². The summed E-state index contributed by atoms with van der Waals surface area (Å²) in [7, 11) is 1.74. The molecule has 86 valence electrons. The maximum atomic E-state index is 11.4. The quantitative estimate of drug-likeness (QED) is 0.396. The summed E-state index contributed by atoms with van der Waals surface area (Å²) in [5, 5.41) is 10.4. The topological polar surface area (TPSA) is 65.4 Å². The highest BCUT2D eigenvalue weighted by Crippen LogP contribution is 2.18. The Hall–Kier alpha value is -1.26. The van der Waals surface area contributed by atoms with Crippen molar-refractivity contribution in [2.24, 2.45) is 5.92 Å². The molecule has 1 saturated heterocycles. The van der Waals surface area contributed by atoms with E-state index < -0.39 is 0 Å². The number of nitrogens with zero attached hydrogens (tertiary/aromatic N) is 1. The molecule has 1 aliphatic rings. The van der Waals surface area contributed by atoms with Gasteiger partial charge in [0, 0.05) is 20.1 Å². The fourth-order valence-electron chi connectivity index (χ4n) is 1.76. The van der Waals surface area contributed by atoms with E-state index >= 15 is 0 Å². The van der Waals surface area contributed by atoms with Crippen LogP contribution in [0.1, 0.15) is 19.8 Å². The van der Waals surface area contributed by atoms with Gasteiger partial charge in [0.15, 0.2) is 5.96 Å². The van der Waals surface area contributed by atoms with E-state index in [4.69, 9.17) is 10.1 Å². The first-order chi connectivity index (χ1) is 7.19. The Kier molecular flexibility index (Phi) is 4.39. The Morgan fingerprint density at radius 1 is 1.53 bits per heavy atom.